The number of fused-ring (bicyclic) bond motifs is 2. The maximum Gasteiger partial charge on any atom is 0.356 e. The number of carboxylic acid groups (broad SMARTS) is 1. The van der Waals surface area contributed by atoms with Crippen molar-refractivity contribution in [3.8, 4) is 0 Å². The fourth-order valence-electron chi connectivity index (χ4n) is 4.09. The molecule has 2 aliphatic carbocycles. The van der Waals surface area contributed by atoms with Crippen molar-refractivity contribution in [1.82, 2.24) is 15.1 Å². The normalized spacial score (nSPS) is 26.7. The number of aromatic carboxylic acids is 1. The van der Waals surface area contributed by atoms with Crippen LogP contribution in [0.25, 0.3) is 0 Å². The topological polar surface area (TPSA) is 84.2 Å². The molecule has 1 aromatic carbocycles. The molecule has 2 aliphatic rings. The average Bonchev–Trinajstić information content (AvgIpc) is 3.31. The number of carbonyl (C=O) groups is 2. The Morgan fingerprint density at radius 1 is 1.16 bits per heavy atom. The van der Waals surface area contributed by atoms with Crippen molar-refractivity contribution in [2.75, 3.05) is 0 Å². The predicted molar refractivity (Wildman–Crippen MR) is 91.0 cm³/mol. The van der Waals surface area contributed by atoms with E-state index in [2.05, 4.69) is 34.7 Å². The van der Waals surface area contributed by atoms with Crippen LogP contribution < -0.4 is 5.32 Å². The summed E-state index contributed by atoms with van der Waals surface area (Å²) in [5.41, 5.74) is 1.19. The zero-order valence-electron chi connectivity index (χ0n) is 13.6. The van der Waals surface area contributed by atoms with Gasteiger partial charge in [0, 0.05) is 18.2 Å². The number of nitrogens with one attached hydrogen (secondary N) is 1. The maximum absolute atomic E-state index is 12.5. The Kier molecular flexibility index (Phi) is 3.87. The van der Waals surface area contributed by atoms with Crippen LogP contribution in [0.2, 0.25) is 0 Å². The Morgan fingerprint density at radius 2 is 1.92 bits per heavy atom. The number of hydrogen-bond acceptors (Lipinski definition) is 3. The van der Waals surface area contributed by atoms with E-state index in [0.717, 1.165) is 6.42 Å². The Hall–Kier alpha value is -2.89. The Bertz CT molecular complexity index is 827. The van der Waals surface area contributed by atoms with Crippen molar-refractivity contribution in [2.24, 2.45) is 11.8 Å². The summed E-state index contributed by atoms with van der Waals surface area (Å²) in [5, 5.41) is 15.9. The molecule has 2 bridgehead atoms. The van der Waals surface area contributed by atoms with Gasteiger partial charge in [0.25, 0.3) is 0 Å². The number of aromatic nitrogens is 2. The van der Waals surface area contributed by atoms with E-state index in [4.69, 9.17) is 5.11 Å². The van der Waals surface area contributed by atoms with Gasteiger partial charge in [-0.25, -0.2) is 4.79 Å². The number of hydrogen-bond donors (Lipinski definition) is 2. The van der Waals surface area contributed by atoms with Gasteiger partial charge in [-0.15, -0.1) is 0 Å². The Morgan fingerprint density at radius 3 is 2.64 bits per heavy atom. The van der Waals surface area contributed by atoms with Gasteiger partial charge in [0.1, 0.15) is 6.54 Å². The number of carbonyl (C=O) groups excluding carboxylic acids is 1. The van der Waals surface area contributed by atoms with Gasteiger partial charge in [-0.3, -0.25) is 9.48 Å². The third-order valence-corrected chi connectivity index (χ3v) is 5.14. The van der Waals surface area contributed by atoms with Crippen LogP contribution in [0.4, 0.5) is 0 Å². The molecule has 128 valence electrons. The highest BCUT2D eigenvalue weighted by molar-refractivity contribution is 5.85. The molecular formula is C19H19N3O3. The summed E-state index contributed by atoms with van der Waals surface area (Å²) >= 11 is 0. The highest BCUT2D eigenvalue weighted by atomic mass is 16.4. The summed E-state index contributed by atoms with van der Waals surface area (Å²) in [7, 11) is 0. The van der Waals surface area contributed by atoms with Crippen molar-refractivity contribution in [1.29, 1.82) is 0 Å². The summed E-state index contributed by atoms with van der Waals surface area (Å²) in [6.07, 6.45) is 7.04. The van der Waals surface area contributed by atoms with Crippen molar-refractivity contribution >= 4 is 11.9 Å². The molecule has 1 amide bonds. The number of amides is 1. The van der Waals surface area contributed by atoms with E-state index in [1.54, 1.807) is 0 Å². The lowest BCUT2D eigenvalue weighted by atomic mass is 9.83. The van der Waals surface area contributed by atoms with Crippen LogP contribution in [-0.4, -0.2) is 32.8 Å². The first-order valence-corrected chi connectivity index (χ1v) is 8.41. The second kappa shape index (κ2) is 6.20. The van der Waals surface area contributed by atoms with Gasteiger partial charge in [0.15, 0.2) is 5.69 Å². The second-order valence-corrected chi connectivity index (χ2v) is 6.68. The minimum absolute atomic E-state index is 0.0202. The third-order valence-electron chi connectivity index (χ3n) is 5.14. The molecule has 2 N–H and O–H groups in total. The van der Waals surface area contributed by atoms with Gasteiger partial charge >= 0.3 is 5.97 Å². The van der Waals surface area contributed by atoms with Gasteiger partial charge in [0.05, 0.1) is 0 Å². The Balaban J connectivity index is 1.47. The van der Waals surface area contributed by atoms with Crippen LogP contribution in [-0.2, 0) is 11.3 Å². The number of carboxylic acids is 1. The van der Waals surface area contributed by atoms with E-state index in [1.165, 1.54) is 22.5 Å². The summed E-state index contributed by atoms with van der Waals surface area (Å²) in [5.74, 6) is -0.145. The number of benzene rings is 1. The van der Waals surface area contributed by atoms with E-state index in [1.807, 2.05) is 18.2 Å². The lowest BCUT2D eigenvalue weighted by molar-refractivity contribution is -0.122. The minimum atomic E-state index is -1.10. The minimum Gasteiger partial charge on any atom is -0.476 e. The second-order valence-electron chi connectivity index (χ2n) is 6.68. The zero-order chi connectivity index (χ0) is 17.4. The highest BCUT2D eigenvalue weighted by Gasteiger charge is 2.45. The Labute approximate surface area is 145 Å². The van der Waals surface area contributed by atoms with E-state index >= 15 is 0 Å². The van der Waals surface area contributed by atoms with Gasteiger partial charge in [0.2, 0.25) is 5.91 Å². The number of nitrogens with zero attached hydrogens (tertiary/aromatic N) is 2. The van der Waals surface area contributed by atoms with Crippen LogP contribution in [0.15, 0.2) is 54.7 Å². The van der Waals surface area contributed by atoms with Crippen molar-refractivity contribution in [3.05, 3.63) is 66.0 Å². The average molecular weight is 337 g/mol. The molecule has 2 aromatic rings. The van der Waals surface area contributed by atoms with Crippen molar-refractivity contribution in [2.45, 2.75) is 24.9 Å². The molecular weight excluding hydrogens is 318 g/mol. The third kappa shape index (κ3) is 2.95. The maximum atomic E-state index is 12.5. The molecule has 1 saturated carbocycles. The summed E-state index contributed by atoms with van der Waals surface area (Å²) < 4.78 is 1.36. The molecule has 1 heterocycles. The van der Waals surface area contributed by atoms with Gasteiger partial charge in [-0.1, -0.05) is 42.5 Å². The highest BCUT2D eigenvalue weighted by Crippen LogP contribution is 2.48. The molecule has 0 spiro atoms. The van der Waals surface area contributed by atoms with E-state index in [-0.39, 0.29) is 30.1 Å². The first-order valence-electron chi connectivity index (χ1n) is 8.41. The van der Waals surface area contributed by atoms with Gasteiger partial charge in [-0.05, 0) is 29.9 Å². The molecule has 0 unspecified atom stereocenters. The quantitative estimate of drug-likeness (QED) is 0.818. The van der Waals surface area contributed by atoms with E-state index in [9.17, 15) is 9.59 Å². The van der Waals surface area contributed by atoms with Gasteiger partial charge < -0.3 is 10.4 Å². The molecule has 1 aromatic heterocycles. The standard InChI is InChI=1S/C19H19N3O3/c23-16(11-22-9-8-15(21-22)19(24)25)20-18-14-7-6-13(10-14)17(18)12-4-2-1-3-5-12/h1-9,13-14,17-18H,10-11H2,(H,20,23)(H,24,25)/t13-,14+,17+,18+/m1/s1. The largest absolute Gasteiger partial charge is 0.476 e. The first-order chi connectivity index (χ1) is 12.1. The smallest absolute Gasteiger partial charge is 0.356 e. The van der Waals surface area contributed by atoms with Crippen LogP contribution >= 0.6 is 0 Å². The molecule has 0 saturated heterocycles. The summed E-state index contributed by atoms with van der Waals surface area (Å²) in [6, 6.07) is 11.7. The molecule has 25 heavy (non-hydrogen) atoms. The summed E-state index contributed by atoms with van der Waals surface area (Å²) in [4.78, 5) is 23.3. The van der Waals surface area contributed by atoms with Crippen LogP contribution in [0, 0.1) is 11.8 Å². The monoisotopic (exact) mass is 337 g/mol. The molecule has 4 rings (SSSR count). The van der Waals surface area contributed by atoms with Crippen molar-refractivity contribution in [3.63, 3.8) is 0 Å². The van der Waals surface area contributed by atoms with E-state index < -0.39 is 5.97 Å². The molecule has 6 nitrogen and oxygen atoms in total. The van der Waals surface area contributed by atoms with Crippen LogP contribution in [0.5, 0.6) is 0 Å². The number of allylic oxidation sites excluding steroid dienone is 1. The molecule has 4 atom stereocenters. The van der Waals surface area contributed by atoms with Gasteiger partial charge in [-0.2, -0.15) is 5.10 Å². The summed E-state index contributed by atoms with van der Waals surface area (Å²) in [6.45, 7) is 0.0202. The van der Waals surface area contributed by atoms with Crippen LogP contribution in [0.3, 0.4) is 0 Å². The molecule has 1 fully saturated rings. The molecule has 0 radical (unpaired) electrons. The molecule has 0 aliphatic heterocycles. The predicted octanol–water partition coefficient (Wildman–Crippen LogP) is 2.06. The molecule has 6 heteroatoms. The fraction of sp³-hybridized carbons (Fsp3) is 0.316. The zero-order valence-corrected chi connectivity index (χ0v) is 13.6. The lowest BCUT2D eigenvalue weighted by Gasteiger charge is -2.29. The van der Waals surface area contributed by atoms with Crippen LogP contribution in [0.1, 0.15) is 28.4 Å². The van der Waals surface area contributed by atoms with E-state index in [0.29, 0.717) is 11.8 Å². The number of rotatable bonds is 5. The first kappa shape index (κ1) is 15.6. The lowest BCUT2D eigenvalue weighted by Crippen LogP contribution is -2.43. The SMILES string of the molecule is O=C(Cn1ccc(C(=O)O)n1)N[C@@H]1[C@@H](c2ccccc2)[C@@H]2C=C[C@H]1C2. The van der Waals surface area contributed by atoms with Crippen molar-refractivity contribution < 1.29 is 14.7 Å². The fourth-order valence-corrected chi connectivity index (χ4v) is 4.09.